The van der Waals surface area contributed by atoms with Crippen LogP contribution in [0.5, 0.6) is 0 Å². The summed E-state index contributed by atoms with van der Waals surface area (Å²) < 4.78 is 27.4. The number of imidazole rings is 1. The van der Waals surface area contributed by atoms with Crippen LogP contribution in [0.4, 0.5) is 8.78 Å². The van der Waals surface area contributed by atoms with Crippen LogP contribution in [0.1, 0.15) is 36.0 Å². The average Bonchev–Trinajstić information content (AvgIpc) is 2.50. The Kier molecular flexibility index (Phi) is 2.45. The van der Waals surface area contributed by atoms with Crippen molar-refractivity contribution in [3.05, 3.63) is 30.4 Å². The van der Waals surface area contributed by atoms with Crippen molar-refractivity contribution >= 4 is 12.2 Å². The van der Waals surface area contributed by atoms with Gasteiger partial charge in [-0.3, -0.25) is 0 Å². The lowest BCUT2D eigenvalue weighted by Crippen LogP contribution is -2.35. The van der Waals surface area contributed by atoms with E-state index in [2.05, 4.69) is 18.1 Å². The van der Waals surface area contributed by atoms with Crippen molar-refractivity contribution in [2.75, 3.05) is 0 Å². The molecule has 1 saturated carbocycles. The Morgan fingerprint density at radius 1 is 1.38 bits per heavy atom. The quantitative estimate of drug-likeness (QED) is 0.770. The predicted molar refractivity (Wildman–Crippen MR) is 60.3 cm³/mol. The van der Waals surface area contributed by atoms with Crippen molar-refractivity contribution in [3.63, 3.8) is 0 Å². The Morgan fingerprint density at radius 2 is 2.00 bits per heavy atom. The summed E-state index contributed by atoms with van der Waals surface area (Å²) in [6, 6.07) is 0. The zero-order valence-electron chi connectivity index (χ0n) is 9.21. The topological polar surface area (TPSA) is 17.8 Å². The molecule has 0 unspecified atom stereocenters. The van der Waals surface area contributed by atoms with E-state index in [9.17, 15) is 8.78 Å². The number of nitrogens with zero attached hydrogens (tertiary/aromatic N) is 2. The van der Waals surface area contributed by atoms with Crippen LogP contribution in [0.3, 0.4) is 0 Å². The molecule has 0 atom stereocenters. The molecule has 1 aromatic rings. The first kappa shape index (κ1) is 11.0. The van der Waals surface area contributed by atoms with Gasteiger partial charge in [0.15, 0.2) is 0 Å². The van der Waals surface area contributed by atoms with Crippen molar-refractivity contribution in [1.82, 2.24) is 9.55 Å². The van der Waals surface area contributed by atoms with E-state index in [0.29, 0.717) is 11.5 Å². The molecule has 1 aromatic heterocycles. The lowest BCUT2D eigenvalue weighted by molar-refractivity contribution is -0.0889. The van der Waals surface area contributed by atoms with Crippen molar-refractivity contribution < 1.29 is 8.78 Å². The van der Waals surface area contributed by atoms with E-state index in [4.69, 9.17) is 0 Å². The van der Waals surface area contributed by atoms with Crippen LogP contribution in [0.25, 0.3) is 12.2 Å². The number of hydrogen-bond acceptors (Lipinski definition) is 1. The fraction of sp³-hybridized carbons (Fsp3) is 0.417. The molecule has 2 rings (SSSR count). The van der Waals surface area contributed by atoms with E-state index in [0.717, 1.165) is 5.69 Å². The minimum Gasteiger partial charge on any atom is -0.331 e. The Bertz CT molecular complexity index is 438. The molecule has 2 nitrogen and oxygen atoms in total. The summed E-state index contributed by atoms with van der Waals surface area (Å²) in [5.74, 6) is -1.96. The van der Waals surface area contributed by atoms with Gasteiger partial charge in [-0.25, -0.2) is 13.8 Å². The van der Waals surface area contributed by atoms with Gasteiger partial charge in [-0.1, -0.05) is 13.2 Å². The predicted octanol–water partition coefficient (Wildman–Crippen LogP) is 3.22. The van der Waals surface area contributed by atoms with Crippen LogP contribution in [0, 0.1) is 0 Å². The standard InChI is InChI=1S/C12H14F2N2/c1-4-9-10(5-2)16(3)11(15-9)8-6-12(13,14)7-8/h4-5,8H,1-2,6-7H2,3H3. The molecular weight excluding hydrogens is 210 g/mol. The highest BCUT2D eigenvalue weighted by Gasteiger charge is 2.47. The molecule has 0 N–H and O–H groups in total. The van der Waals surface area contributed by atoms with E-state index in [1.807, 2.05) is 11.6 Å². The number of halogens is 2. The fourth-order valence-corrected chi connectivity index (χ4v) is 2.15. The first-order valence-corrected chi connectivity index (χ1v) is 5.18. The maximum absolute atomic E-state index is 12.8. The SMILES string of the molecule is C=Cc1nc(C2CC(F)(F)C2)n(C)c1C=C. The van der Waals surface area contributed by atoms with Crippen LogP contribution in [-0.2, 0) is 7.05 Å². The summed E-state index contributed by atoms with van der Waals surface area (Å²) in [7, 11) is 1.82. The maximum Gasteiger partial charge on any atom is 0.249 e. The zero-order valence-corrected chi connectivity index (χ0v) is 9.21. The second-order valence-electron chi connectivity index (χ2n) is 4.17. The highest BCUT2D eigenvalue weighted by molar-refractivity contribution is 5.58. The van der Waals surface area contributed by atoms with E-state index >= 15 is 0 Å². The molecule has 0 bridgehead atoms. The van der Waals surface area contributed by atoms with Crippen molar-refractivity contribution in [2.45, 2.75) is 24.7 Å². The maximum atomic E-state index is 12.8. The molecule has 1 aliphatic rings. The van der Waals surface area contributed by atoms with E-state index in [-0.39, 0.29) is 18.8 Å². The van der Waals surface area contributed by atoms with Gasteiger partial charge in [0, 0.05) is 25.8 Å². The molecule has 0 radical (unpaired) electrons. The molecule has 1 aliphatic carbocycles. The highest BCUT2D eigenvalue weighted by Crippen LogP contribution is 2.48. The third-order valence-corrected chi connectivity index (χ3v) is 3.04. The van der Waals surface area contributed by atoms with Gasteiger partial charge in [0.05, 0.1) is 11.4 Å². The average molecular weight is 224 g/mol. The van der Waals surface area contributed by atoms with Crippen molar-refractivity contribution in [1.29, 1.82) is 0 Å². The summed E-state index contributed by atoms with van der Waals surface area (Å²) >= 11 is 0. The smallest absolute Gasteiger partial charge is 0.249 e. The molecule has 0 aromatic carbocycles. The molecule has 0 amide bonds. The Morgan fingerprint density at radius 3 is 2.38 bits per heavy atom. The molecule has 1 heterocycles. The number of alkyl halides is 2. The van der Waals surface area contributed by atoms with Crippen LogP contribution in [0.2, 0.25) is 0 Å². The van der Waals surface area contributed by atoms with Gasteiger partial charge in [-0.05, 0) is 12.2 Å². The third-order valence-electron chi connectivity index (χ3n) is 3.04. The molecule has 0 saturated heterocycles. The van der Waals surface area contributed by atoms with Gasteiger partial charge >= 0.3 is 0 Å². The molecule has 0 aliphatic heterocycles. The van der Waals surface area contributed by atoms with E-state index in [1.54, 1.807) is 12.2 Å². The monoisotopic (exact) mass is 224 g/mol. The number of rotatable bonds is 3. The number of hydrogen-bond donors (Lipinski definition) is 0. The van der Waals surface area contributed by atoms with Gasteiger partial charge in [-0.15, -0.1) is 0 Å². The molecule has 86 valence electrons. The minimum atomic E-state index is -2.51. The van der Waals surface area contributed by atoms with Crippen LogP contribution >= 0.6 is 0 Å². The molecule has 16 heavy (non-hydrogen) atoms. The van der Waals surface area contributed by atoms with Gasteiger partial charge in [0.25, 0.3) is 0 Å². The second-order valence-corrected chi connectivity index (χ2v) is 4.17. The van der Waals surface area contributed by atoms with E-state index < -0.39 is 5.92 Å². The first-order chi connectivity index (χ1) is 7.48. The summed E-state index contributed by atoms with van der Waals surface area (Å²) in [5.41, 5.74) is 1.54. The molecule has 4 heteroatoms. The normalized spacial score (nSPS) is 19.2. The van der Waals surface area contributed by atoms with Gasteiger partial charge in [0.1, 0.15) is 5.82 Å². The molecule has 1 fully saturated rings. The summed E-state index contributed by atoms with van der Waals surface area (Å²) in [5, 5.41) is 0. The largest absolute Gasteiger partial charge is 0.331 e. The summed E-state index contributed by atoms with van der Waals surface area (Å²) in [4.78, 5) is 4.33. The van der Waals surface area contributed by atoms with Gasteiger partial charge < -0.3 is 4.57 Å². The first-order valence-electron chi connectivity index (χ1n) is 5.18. The summed E-state index contributed by atoms with van der Waals surface area (Å²) in [6.45, 7) is 7.34. The fourth-order valence-electron chi connectivity index (χ4n) is 2.15. The third kappa shape index (κ3) is 1.58. The van der Waals surface area contributed by atoms with Crippen LogP contribution in [-0.4, -0.2) is 15.5 Å². The van der Waals surface area contributed by atoms with E-state index in [1.165, 1.54) is 0 Å². The minimum absolute atomic E-state index is 0.106. The van der Waals surface area contributed by atoms with Crippen molar-refractivity contribution in [3.8, 4) is 0 Å². The molecular formula is C12H14F2N2. The highest BCUT2D eigenvalue weighted by atomic mass is 19.3. The number of aromatic nitrogens is 2. The lowest BCUT2D eigenvalue weighted by Gasteiger charge is -2.34. The van der Waals surface area contributed by atoms with Crippen molar-refractivity contribution in [2.24, 2.45) is 7.05 Å². The zero-order chi connectivity index (χ0) is 11.9. The Labute approximate surface area is 93.3 Å². The van der Waals surface area contributed by atoms with Gasteiger partial charge in [0.2, 0.25) is 5.92 Å². The Balaban J connectivity index is 2.33. The van der Waals surface area contributed by atoms with Crippen LogP contribution in [0.15, 0.2) is 13.2 Å². The van der Waals surface area contributed by atoms with Gasteiger partial charge in [-0.2, -0.15) is 0 Å². The Hall–Kier alpha value is -1.45. The second kappa shape index (κ2) is 3.54. The summed E-state index contributed by atoms with van der Waals surface area (Å²) in [6.07, 6.45) is 3.08. The van der Waals surface area contributed by atoms with Crippen LogP contribution < -0.4 is 0 Å². The molecule has 0 spiro atoms. The lowest BCUT2D eigenvalue weighted by atomic mass is 9.81.